The van der Waals surface area contributed by atoms with Gasteiger partial charge in [-0.1, -0.05) is 11.6 Å². The van der Waals surface area contributed by atoms with Gasteiger partial charge in [0, 0.05) is 10.6 Å². The first-order valence-electron chi connectivity index (χ1n) is 7.36. The van der Waals surface area contributed by atoms with Crippen molar-refractivity contribution in [3.05, 3.63) is 57.3 Å². The molecule has 0 aromatic heterocycles. The molecule has 1 aromatic rings. The fourth-order valence-corrected chi connectivity index (χ4v) is 3.41. The fourth-order valence-electron chi connectivity index (χ4n) is 2.31. The van der Waals surface area contributed by atoms with Gasteiger partial charge in [-0.05, 0) is 62.1 Å². The van der Waals surface area contributed by atoms with Gasteiger partial charge in [0.15, 0.2) is 5.70 Å². The van der Waals surface area contributed by atoms with Crippen molar-refractivity contribution in [2.45, 2.75) is 25.7 Å². The number of halogens is 1. The van der Waals surface area contributed by atoms with Gasteiger partial charge in [-0.15, -0.1) is 4.40 Å². The molecule has 0 heterocycles. The molecular formula is C16H15ClN5O3S+. The lowest BCUT2D eigenvalue weighted by molar-refractivity contribution is -0.111. The monoisotopic (exact) mass is 392 g/mol. The Morgan fingerprint density at radius 3 is 2.42 bits per heavy atom. The topological polar surface area (TPSA) is 116 Å². The number of rotatable bonds is 3. The molecule has 0 atom stereocenters. The van der Waals surface area contributed by atoms with Gasteiger partial charge in [0.1, 0.15) is 5.84 Å². The van der Waals surface area contributed by atoms with Crippen molar-refractivity contribution in [3.8, 4) is 0 Å². The Hall–Kier alpha value is -2.83. The van der Waals surface area contributed by atoms with Crippen LogP contribution in [0.15, 0.2) is 61.5 Å². The van der Waals surface area contributed by atoms with Crippen LogP contribution in [0.2, 0.25) is 5.02 Å². The minimum atomic E-state index is -3.95. The van der Waals surface area contributed by atoms with Crippen molar-refractivity contribution < 1.29 is 13.2 Å². The zero-order chi connectivity index (χ0) is 19.5. The molecule has 1 N–H and O–H groups in total. The van der Waals surface area contributed by atoms with E-state index in [1.165, 1.54) is 37.3 Å². The average Bonchev–Trinajstić information content (AvgIpc) is 2.55. The highest BCUT2D eigenvalue weighted by Crippen LogP contribution is 2.20. The summed E-state index contributed by atoms with van der Waals surface area (Å²) in [5.41, 5.74) is 3.56. The summed E-state index contributed by atoms with van der Waals surface area (Å²) < 4.78 is 28.4. The number of carbonyl (C=O) groups excluding carboxylic acids is 1. The van der Waals surface area contributed by atoms with Crippen LogP contribution in [-0.2, 0) is 14.8 Å². The number of carbonyl (C=O) groups is 1. The second-order valence-electron chi connectivity index (χ2n) is 5.43. The van der Waals surface area contributed by atoms with Crippen LogP contribution in [0.25, 0.3) is 5.08 Å². The third kappa shape index (κ3) is 4.22. The molecule has 0 saturated carbocycles. The van der Waals surface area contributed by atoms with Gasteiger partial charge in [-0.2, -0.15) is 8.42 Å². The van der Waals surface area contributed by atoms with Gasteiger partial charge in [-0.25, -0.2) is 4.99 Å². The summed E-state index contributed by atoms with van der Waals surface area (Å²) in [6.07, 6.45) is 1.31. The minimum absolute atomic E-state index is 0.0127. The van der Waals surface area contributed by atoms with Gasteiger partial charge in [-0.3, -0.25) is 4.79 Å². The zero-order valence-corrected chi connectivity index (χ0v) is 15.8. The van der Waals surface area contributed by atoms with E-state index in [9.17, 15) is 13.2 Å². The van der Waals surface area contributed by atoms with Crippen LogP contribution in [0.1, 0.15) is 20.8 Å². The summed E-state index contributed by atoms with van der Waals surface area (Å²) in [4.78, 5) is 16.1. The fraction of sp³-hybridized carbons (Fsp3) is 0.188. The van der Waals surface area contributed by atoms with Crippen LogP contribution in [0.5, 0.6) is 0 Å². The molecular weight excluding hydrogens is 378 g/mol. The number of nitrogens with zero attached hydrogens (tertiary/aromatic N) is 4. The SMILES string of the molecule is CC1=CC(=O)C(N[N+]#N)=C(C)C1=NC(C)=NS(=O)(=O)c1ccc(Cl)cc1. The first-order chi connectivity index (χ1) is 12.2. The van der Waals surface area contributed by atoms with Crippen LogP contribution >= 0.6 is 11.6 Å². The number of benzene rings is 1. The maximum atomic E-state index is 12.3. The molecule has 0 unspecified atom stereocenters. The van der Waals surface area contributed by atoms with Crippen LogP contribution < -0.4 is 5.43 Å². The first kappa shape index (κ1) is 19.5. The van der Waals surface area contributed by atoms with Crippen molar-refractivity contribution in [1.29, 1.82) is 5.39 Å². The molecule has 2 rings (SSSR count). The minimum Gasteiger partial charge on any atom is -0.287 e. The van der Waals surface area contributed by atoms with E-state index in [0.29, 0.717) is 21.9 Å². The number of aliphatic imine (C=N–C) groups is 1. The maximum absolute atomic E-state index is 12.3. The molecule has 0 spiro atoms. The van der Waals surface area contributed by atoms with E-state index in [4.69, 9.17) is 17.0 Å². The van der Waals surface area contributed by atoms with Crippen molar-refractivity contribution >= 4 is 39.0 Å². The molecule has 1 aliphatic carbocycles. The second-order valence-corrected chi connectivity index (χ2v) is 7.47. The molecule has 10 heteroatoms. The standard InChI is InChI=1S/C16H15ClN5O3S/c1-9-8-14(23)16(20-22-18)10(2)15(9)19-11(3)21-26(24,25)13-6-4-12(17)5-7-13/h4-8,20H,1-3H3/q+1. The van der Waals surface area contributed by atoms with Crippen LogP contribution in [0, 0.1) is 5.39 Å². The second kappa shape index (κ2) is 7.59. The Kier molecular flexibility index (Phi) is 5.69. The number of hydrogen-bond donors (Lipinski definition) is 1. The van der Waals surface area contributed by atoms with E-state index in [-0.39, 0.29) is 22.2 Å². The summed E-state index contributed by atoms with van der Waals surface area (Å²) in [7, 11) is -3.95. The molecule has 8 nitrogen and oxygen atoms in total. The molecule has 134 valence electrons. The van der Waals surface area contributed by atoms with Crippen molar-refractivity contribution in [2.75, 3.05) is 0 Å². The van der Waals surface area contributed by atoms with Crippen LogP contribution in [-0.4, -0.2) is 25.7 Å². The lowest BCUT2D eigenvalue weighted by Gasteiger charge is -2.14. The van der Waals surface area contributed by atoms with Crippen molar-refractivity contribution in [3.63, 3.8) is 0 Å². The van der Waals surface area contributed by atoms with Crippen LogP contribution in [0.3, 0.4) is 0 Å². The van der Waals surface area contributed by atoms with E-state index in [1.807, 2.05) is 0 Å². The maximum Gasteiger partial charge on any atom is 0.308 e. The Morgan fingerprint density at radius 2 is 1.85 bits per heavy atom. The summed E-state index contributed by atoms with van der Waals surface area (Å²) in [6.45, 7) is 4.69. The normalized spacial score (nSPS) is 17.2. The number of amidine groups is 1. The number of ketones is 1. The van der Waals surface area contributed by atoms with Crippen molar-refractivity contribution in [2.24, 2.45) is 9.39 Å². The quantitative estimate of drug-likeness (QED) is 0.279. The number of hydrogen-bond acceptors (Lipinski definition) is 5. The number of allylic oxidation sites excluding steroid dienone is 3. The third-order valence-electron chi connectivity index (χ3n) is 3.50. The molecule has 0 fully saturated rings. The Balaban J connectivity index is 2.46. The van der Waals surface area contributed by atoms with Gasteiger partial charge in [0.05, 0.1) is 10.6 Å². The number of nitrogens with one attached hydrogen (secondary N) is 1. The summed E-state index contributed by atoms with van der Waals surface area (Å²) in [6, 6.07) is 5.60. The van der Waals surface area contributed by atoms with Gasteiger partial charge >= 0.3 is 5.08 Å². The highest BCUT2D eigenvalue weighted by atomic mass is 35.5. The van der Waals surface area contributed by atoms with E-state index in [0.717, 1.165) is 0 Å². The highest BCUT2D eigenvalue weighted by Gasteiger charge is 2.25. The van der Waals surface area contributed by atoms with Crippen LogP contribution in [0.4, 0.5) is 0 Å². The first-order valence-corrected chi connectivity index (χ1v) is 9.17. The Morgan fingerprint density at radius 1 is 1.23 bits per heavy atom. The smallest absolute Gasteiger partial charge is 0.287 e. The molecule has 0 aliphatic heterocycles. The van der Waals surface area contributed by atoms with Gasteiger partial charge in [0.2, 0.25) is 5.78 Å². The summed E-state index contributed by atoms with van der Waals surface area (Å²) in [5, 5.41) is 11.8. The molecule has 1 aromatic carbocycles. The molecule has 1 aliphatic rings. The highest BCUT2D eigenvalue weighted by molar-refractivity contribution is 7.90. The number of diazo groups is 1. The molecule has 26 heavy (non-hydrogen) atoms. The van der Waals surface area contributed by atoms with Gasteiger partial charge < -0.3 is 0 Å². The predicted molar refractivity (Wildman–Crippen MR) is 98.9 cm³/mol. The summed E-state index contributed by atoms with van der Waals surface area (Å²) >= 11 is 5.76. The van der Waals surface area contributed by atoms with Crippen molar-refractivity contribution in [1.82, 2.24) is 5.43 Å². The third-order valence-corrected chi connectivity index (χ3v) is 5.12. The molecule has 0 bridgehead atoms. The molecule has 0 radical (unpaired) electrons. The zero-order valence-electron chi connectivity index (χ0n) is 14.2. The lowest BCUT2D eigenvalue weighted by Crippen LogP contribution is -2.24. The van der Waals surface area contributed by atoms with E-state index in [1.54, 1.807) is 13.8 Å². The largest absolute Gasteiger partial charge is 0.308 e. The van der Waals surface area contributed by atoms with Gasteiger partial charge in [0.25, 0.3) is 15.4 Å². The predicted octanol–water partition coefficient (Wildman–Crippen LogP) is 3.05. The molecule has 0 saturated heterocycles. The van der Waals surface area contributed by atoms with E-state index in [2.05, 4.69) is 19.9 Å². The lowest BCUT2D eigenvalue weighted by atomic mass is 9.94. The Labute approximate surface area is 155 Å². The number of sulfonamides is 1. The van der Waals surface area contributed by atoms with E-state index < -0.39 is 10.0 Å². The average molecular weight is 393 g/mol. The summed E-state index contributed by atoms with van der Waals surface area (Å²) in [5.74, 6) is -0.392. The van der Waals surface area contributed by atoms with E-state index >= 15 is 0 Å². The molecule has 0 amide bonds. The Bertz CT molecular complexity index is 1030.